The Kier molecular flexibility index (Phi) is 8.37. The minimum absolute atomic E-state index is 0.0461. The van der Waals surface area contributed by atoms with Gasteiger partial charge in [0.1, 0.15) is 11.9 Å². The van der Waals surface area contributed by atoms with Crippen LogP contribution in [-0.4, -0.2) is 23.5 Å². The van der Waals surface area contributed by atoms with E-state index in [0.717, 1.165) is 33.7 Å². The van der Waals surface area contributed by atoms with E-state index in [1.54, 1.807) is 6.07 Å². The first-order chi connectivity index (χ1) is 17.2. The summed E-state index contributed by atoms with van der Waals surface area (Å²) in [4.78, 5) is 24.4. The van der Waals surface area contributed by atoms with Crippen molar-refractivity contribution in [3.63, 3.8) is 0 Å². The molecular weight excluding hydrogens is 503 g/mol. The first kappa shape index (κ1) is 28.2. The number of aryl methyl sites for hydroxylation is 2. The van der Waals surface area contributed by atoms with Crippen molar-refractivity contribution in [3.05, 3.63) is 75.0 Å². The molecule has 0 spiro atoms. The molecule has 0 saturated carbocycles. The van der Waals surface area contributed by atoms with Crippen molar-refractivity contribution < 1.29 is 32.6 Å². The van der Waals surface area contributed by atoms with Crippen molar-refractivity contribution >= 4 is 23.2 Å². The molecule has 2 aromatic carbocycles. The number of amides is 1. The first-order valence-electron chi connectivity index (χ1n) is 11.7. The van der Waals surface area contributed by atoms with Crippen LogP contribution in [0.25, 0.3) is 11.1 Å². The minimum atomic E-state index is -4.39. The van der Waals surface area contributed by atoms with Gasteiger partial charge in [-0.3, -0.25) is 9.59 Å². The third-order valence-electron chi connectivity index (χ3n) is 5.78. The van der Waals surface area contributed by atoms with E-state index in [2.05, 4.69) is 5.32 Å². The lowest BCUT2D eigenvalue weighted by Gasteiger charge is -2.31. The van der Waals surface area contributed by atoms with E-state index in [-0.39, 0.29) is 30.4 Å². The van der Waals surface area contributed by atoms with Crippen LogP contribution in [0.3, 0.4) is 0 Å². The second-order valence-electron chi connectivity index (χ2n) is 9.97. The number of alkyl halides is 3. The highest BCUT2D eigenvalue weighted by Gasteiger charge is 2.31. The number of aliphatic carboxylic acids is 1. The molecule has 2 N–H and O–H groups in total. The number of ether oxygens (including phenoxy) is 1. The lowest BCUT2D eigenvalue weighted by molar-refractivity contribution is -0.138. The lowest BCUT2D eigenvalue weighted by atomic mass is 9.88. The topological polar surface area (TPSA) is 75.6 Å². The van der Waals surface area contributed by atoms with Gasteiger partial charge >= 0.3 is 12.1 Å². The maximum absolute atomic E-state index is 13.0. The van der Waals surface area contributed by atoms with Gasteiger partial charge in [0.15, 0.2) is 0 Å². The molecule has 3 rings (SSSR count). The summed E-state index contributed by atoms with van der Waals surface area (Å²) in [6.07, 6.45) is -4.92. The van der Waals surface area contributed by atoms with Crippen molar-refractivity contribution in [2.45, 2.75) is 53.3 Å². The molecular formula is C28H30F3NO4S. The van der Waals surface area contributed by atoms with Crippen LogP contribution in [0.1, 0.15) is 64.5 Å². The minimum Gasteiger partial charge on any atom is -0.484 e. The van der Waals surface area contributed by atoms with Crippen LogP contribution in [0.5, 0.6) is 5.75 Å². The maximum atomic E-state index is 13.0. The number of carboxylic acid groups (broad SMARTS) is 1. The van der Waals surface area contributed by atoms with Gasteiger partial charge < -0.3 is 15.2 Å². The molecule has 0 bridgehead atoms. The third kappa shape index (κ3) is 7.13. The van der Waals surface area contributed by atoms with E-state index >= 15 is 0 Å². The van der Waals surface area contributed by atoms with Crippen LogP contribution in [-0.2, 0) is 11.0 Å². The number of hydrogen-bond acceptors (Lipinski definition) is 4. The van der Waals surface area contributed by atoms with E-state index in [9.17, 15) is 22.8 Å². The van der Waals surface area contributed by atoms with Gasteiger partial charge in [-0.05, 0) is 72.5 Å². The molecule has 0 aliphatic heterocycles. The second-order valence-corrected chi connectivity index (χ2v) is 11.1. The van der Waals surface area contributed by atoms with Gasteiger partial charge in [-0.25, -0.2) is 0 Å². The summed E-state index contributed by atoms with van der Waals surface area (Å²) < 4.78 is 45.3. The van der Waals surface area contributed by atoms with Gasteiger partial charge in [0.25, 0.3) is 5.91 Å². The summed E-state index contributed by atoms with van der Waals surface area (Å²) in [6, 6.07) is 12.4. The molecule has 3 aromatic rings. The fourth-order valence-corrected chi connectivity index (χ4v) is 5.26. The number of benzene rings is 2. The average molecular weight is 534 g/mol. The van der Waals surface area contributed by atoms with Gasteiger partial charge in [-0.2, -0.15) is 13.2 Å². The maximum Gasteiger partial charge on any atom is 0.416 e. The van der Waals surface area contributed by atoms with Gasteiger partial charge in [-0.15, -0.1) is 11.3 Å². The summed E-state index contributed by atoms with van der Waals surface area (Å²) in [5.41, 5.74) is 2.27. The van der Waals surface area contributed by atoms with Crippen molar-refractivity contribution in [2.24, 2.45) is 5.41 Å². The van der Waals surface area contributed by atoms with E-state index in [4.69, 9.17) is 9.84 Å². The molecule has 0 unspecified atom stereocenters. The monoisotopic (exact) mass is 533 g/mol. The van der Waals surface area contributed by atoms with Gasteiger partial charge in [0.2, 0.25) is 0 Å². The molecule has 1 atom stereocenters. The molecule has 0 saturated heterocycles. The van der Waals surface area contributed by atoms with Gasteiger partial charge in [0.05, 0.1) is 16.9 Å². The molecule has 0 fully saturated rings. The highest BCUT2D eigenvalue weighted by molar-refractivity contribution is 7.14. The quantitative estimate of drug-likeness (QED) is 0.316. The summed E-state index contributed by atoms with van der Waals surface area (Å²) in [5.74, 6) is -0.701. The Labute approximate surface area is 218 Å². The van der Waals surface area contributed by atoms with Crippen LogP contribution in [0.4, 0.5) is 13.2 Å². The molecule has 0 aliphatic carbocycles. The van der Waals surface area contributed by atoms with Crippen molar-refractivity contribution in [2.75, 3.05) is 6.54 Å². The van der Waals surface area contributed by atoms with Gasteiger partial charge in [-0.1, -0.05) is 32.9 Å². The molecule has 1 aromatic heterocycles. The second kappa shape index (κ2) is 11.0. The molecule has 1 amide bonds. The summed E-state index contributed by atoms with van der Waals surface area (Å²) in [6.45, 7) is 9.92. The largest absolute Gasteiger partial charge is 0.484 e. The van der Waals surface area contributed by atoms with Crippen molar-refractivity contribution in [3.8, 4) is 16.9 Å². The smallest absolute Gasteiger partial charge is 0.416 e. The molecule has 1 heterocycles. The Morgan fingerprint density at radius 3 is 2.11 bits per heavy atom. The van der Waals surface area contributed by atoms with Crippen LogP contribution in [0, 0.1) is 19.3 Å². The highest BCUT2D eigenvalue weighted by atomic mass is 32.1. The zero-order valence-corrected chi connectivity index (χ0v) is 22.1. The summed E-state index contributed by atoms with van der Waals surface area (Å²) in [7, 11) is 0. The van der Waals surface area contributed by atoms with Crippen LogP contribution in [0.15, 0.2) is 48.5 Å². The fourth-order valence-electron chi connectivity index (χ4n) is 4.06. The molecule has 198 valence electrons. The highest BCUT2D eigenvalue weighted by Crippen LogP contribution is 2.42. The van der Waals surface area contributed by atoms with Crippen molar-refractivity contribution in [1.82, 2.24) is 5.32 Å². The summed E-state index contributed by atoms with van der Waals surface area (Å²) >= 11 is 1.29. The third-order valence-corrected chi connectivity index (χ3v) is 6.91. The van der Waals surface area contributed by atoms with Crippen LogP contribution in [0.2, 0.25) is 0 Å². The average Bonchev–Trinajstić information content (AvgIpc) is 3.25. The van der Waals surface area contributed by atoms with Crippen molar-refractivity contribution in [1.29, 1.82) is 0 Å². The molecule has 37 heavy (non-hydrogen) atoms. The van der Waals surface area contributed by atoms with Crippen LogP contribution < -0.4 is 10.1 Å². The zero-order valence-electron chi connectivity index (χ0n) is 21.3. The number of carbonyl (C=O) groups excluding carboxylic acids is 1. The Hall–Kier alpha value is -3.33. The first-order valence-corrected chi connectivity index (χ1v) is 12.5. The molecule has 9 heteroatoms. The predicted molar refractivity (Wildman–Crippen MR) is 138 cm³/mol. The number of nitrogens with one attached hydrogen (secondary N) is 1. The molecule has 0 aliphatic rings. The number of rotatable bonds is 8. The SMILES string of the molecule is Cc1cc(O[C@@H](c2ccc(C(=O)NCCC(=O)O)s2)C(C)(C)C)cc(C)c1-c1ccc(C(F)(F)F)cc1. The van der Waals surface area contributed by atoms with E-state index in [0.29, 0.717) is 16.2 Å². The number of carbonyl (C=O) groups is 2. The number of thiophene rings is 1. The lowest BCUT2D eigenvalue weighted by Crippen LogP contribution is -2.25. The Morgan fingerprint density at radius 1 is 1.00 bits per heavy atom. The van der Waals surface area contributed by atoms with E-state index < -0.39 is 17.7 Å². The number of hydrogen-bond donors (Lipinski definition) is 2. The Morgan fingerprint density at radius 2 is 1.59 bits per heavy atom. The fraction of sp³-hybridized carbons (Fsp3) is 0.357. The predicted octanol–water partition coefficient (Wildman–Crippen LogP) is 7.42. The Balaban J connectivity index is 1.84. The number of carboxylic acids is 1. The Bertz CT molecular complexity index is 1250. The van der Waals surface area contributed by atoms with E-state index in [1.807, 2.05) is 52.8 Å². The molecule has 0 radical (unpaired) electrons. The van der Waals surface area contributed by atoms with E-state index in [1.165, 1.54) is 23.5 Å². The number of halogens is 3. The zero-order chi connectivity index (χ0) is 27.5. The van der Waals surface area contributed by atoms with Gasteiger partial charge in [0, 0.05) is 16.8 Å². The molecule has 5 nitrogen and oxygen atoms in total. The van der Waals surface area contributed by atoms with Crippen LogP contribution >= 0.6 is 11.3 Å². The summed E-state index contributed by atoms with van der Waals surface area (Å²) in [5, 5.41) is 11.4. The normalized spacial score (nSPS) is 12.8. The standard InChI is InChI=1S/C28H30F3NO4S/c1-16-14-20(15-17(2)24(16)18-6-8-19(9-7-18)28(29,30)31)36-25(27(3,4)5)21-10-11-22(37-21)26(35)32-13-12-23(33)34/h6-11,14-15,25H,12-13H2,1-5H3,(H,32,35)(H,33,34)/t25-/m0/s1.